The van der Waals surface area contributed by atoms with Gasteiger partial charge in [0.05, 0.1) is 36.4 Å². The normalized spacial score (nSPS) is 10.4. The van der Waals surface area contributed by atoms with E-state index in [2.05, 4.69) is 4.98 Å². The highest BCUT2D eigenvalue weighted by Gasteiger charge is 2.08. The molecule has 1 aromatic carbocycles. The minimum absolute atomic E-state index is 0.0344. The van der Waals surface area contributed by atoms with Crippen molar-refractivity contribution in [3.63, 3.8) is 0 Å². The van der Waals surface area contributed by atoms with Gasteiger partial charge in [0.15, 0.2) is 11.5 Å². The Morgan fingerprint density at radius 2 is 1.95 bits per heavy atom. The van der Waals surface area contributed by atoms with Crippen molar-refractivity contribution >= 4 is 22.6 Å². The Balaban J connectivity index is 2.36. The number of nitrogens with zero attached hydrogens (tertiary/aromatic N) is 2. The molecule has 0 aliphatic carbocycles. The Hall–Kier alpha value is -1.57. The van der Waals surface area contributed by atoms with Gasteiger partial charge in [0.1, 0.15) is 0 Å². The van der Waals surface area contributed by atoms with Gasteiger partial charge in [0, 0.05) is 0 Å². The van der Waals surface area contributed by atoms with Gasteiger partial charge in [-0.2, -0.15) is 0 Å². The second-order valence-corrected chi connectivity index (χ2v) is 5.35. The van der Waals surface area contributed by atoms with Crippen molar-refractivity contribution in [2.24, 2.45) is 0 Å². The Bertz CT molecular complexity index is 683. The summed E-state index contributed by atoms with van der Waals surface area (Å²) in [6.45, 7) is 2.27. The number of rotatable bonds is 4. The highest BCUT2D eigenvalue weighted by atomic mass is 127. The molecule has 1 aromatic heterocycles. The molecule has 20 heavy (non-hydrogen) atoms. The van der Waals surface area contributed by atoms with Gasteiger partial charge in [-0.05, 0) is 47.2 Å². The van der Waals surface area contributed by atoms with Crippen LogP contribution in [0.5, 0.6) is 11.5 Å². The van der Waals surface area contributed by atoms with Gasteiger partial charge in [-0.1, -0.05) is 6.07 Å². The Labute approximate surface area is 130 Å². The first-order valence-electron chi connectivity index (χ1n) is 5.99. The fraction of sp³-hybridized carbons (Fsp3) is 0.286. The van der Waals surface area contributed by atoms with Crippen molar-refractivity contribution < 1.29 is 9.47 Å². The van der Waals surface area contributed by atoms with Crippen LogP contribution in [-0.2, 0) is 6.54 Å². The molecule has 0 amide bonds. The van der Waals surface area contributed by atoms with E-state index in [4.69, 9.17) is 9.47 Å². The zero-order valence-electron chi connectivity index (χ0n) is 11.5. The highest BCUT2D eigenvalue weighted by molar-refractivity contribution is 14.1. The van der Waals surface area contributed by atoms with Crippen LogP contribution in [0.3, 0.4) is 0 Å². The molecule has 0 aliphatic rings. The number of halogens is 1. The summed E-state index contributed by atoms with van der Waals surface area (Å²) in [6.07, 6.45) is 1.57. The molecule has 0 N–H and O–H groups in total. The molecule has 0 fully saturated rings. The quantitative estimate of drug-likeness (QED) is 0.757. The Morgan fingerprint density at radius 3 is 2.60 bits per heavy atom. The van der Waals surface area contributed by atoms with Gasteiger partial charge < -0.3 is 9.47 Å². The van der Waals surface area contributed by atoms with Crippen LogP contribution >= 0.6 is 22.6 Å². The summed E-state index contributed by atoms with van der Waals surface area (Å²) in [6, 6.07) is 5.59. The summed E-state index contributed by atoms with van der Waals surface area (Å²) in [7, 11) is 3.18. The summed E-state index contributed by atoms with van der Waals surface area (Å²) in [5.41, 5.74) is 1.67. The predicted molar refractivity (Wildman–Crippen MR) is 84.6 cm³/mol. The van der Waals surface area contributed by atoms with Crippen LogP contribution in [0.4, 0.5) is 0 Å². The van der Waals surface area contributed by atoms with E-state index in [1.54, 1.807) is 25.1 Å². The summed E-state index contributed by atoms with van der Waals surface area (Å²) < 4.78 is 12.7. The van der Waals surface area contributed by atoms with Crippen LogP contribution in [0.25, 0.3) is 0 Å². The molecule has 0 atom stereocenters. The average Bonchev–Trinajstić information content (AvgIpc) is 2.47. The second kappa shape index (κ2) is 6.25. The van der Waals surface area contributed by atoms with Crippen molar-refractivity contribution in [2.75, 3.05) is 14.2 Å². The SMILES string of the molecule is COc1ccc(Cn2cnc(C)c(I)c2=O)cc1OC. The molecule has 0 radical (unpaired) electrons. The minimum atomic E-state index is -0.0344. The van der Waals surface area contributed by atoms with E-state index in [1.807, 2.05) is 47.7 Å². The van der Waals surface area contributed by atoms with E-state index >= 15 is 0 Å². The largest absolute Gasteiger partial charge is 0.493 e. The number of aryl methyl sites for hydroxylation is 1. The van der Waals surface area contributed by atoms with E-state index in [0.29, 0.717) is 21.6 Å². The fourth-order valence-corrected chi connectivity index (χ4v) is 2.28. The first-order chi connectivity index (χ1) is 9.56. The summed E-state index contributed by atoms with van der Waals surface area (Å²) in [5, 5.41) is 0. The van der Waals surface area contributed by atoms with Gasteiger partial charge in [0.2, 0.25) is 0 Å². The number of hydrogen-bond acceptors (Lipinski definition) is 4. The standard InChI is InChI=1S/C14H15IN2O3/c1-9-13(15)14(18)17(8-16-9)7-10-4-5-11(19-2)12(6-10)20-3/h4-6,8H,7H2,1-3H3. The monoisotopic (exact) mass is 386 g/mol. The fourth-order valence-electron chi connectivity index (χ4n) is 1.83. The van der Waals surface area contributed by atoms with Crippen LogP contribution in [0.15, 0.2) is 29.3 Å². The molecular formula is C14H15IN2O3. The van der Waals surface area contributed by atoms with Crippen LogP contribution in [0.1, 0.15) is 11.3 Å². The maximum atomic E-state index is 12.1. The van der Waals surface area contributed by atoms with Crippen LogP contribution in [0.2, 0.25) is 0 Å². The number of ether oxygens (including phenoxy) is 2. The van der Waals surface area contributed by atoms with Crippen LogP contribution in [-0.4, -0.2) is 23.8 Å². The van der Waals surface area contributed by atoms with Crippen molar-refractivity contribution in [2.45, 2.75) is 13.5 Å². The maximum Gasteiger partial charge on any atom is 0.267 e. The Morgan fingerprint density at radius 1 is 1.25 bits per heavy atom. The molecule has 2 aromatic rings. The molecule has 1 heterocycles. The molecule has 5 nitrogen and oxygen atoms in total. The third-order valence-corrected chi connectivity index (χ3v) is 4.20. The zero-order chi connectivity index (χ0) is 14.7. The minimum Gasteiger partial charge on any atom is -0.493 e. The van der Waals surface area contributed by atoms with Crippen molar-refractivity contribution in [1.29, 1.82) is 0 Å². The lowest BCUT2D eigenvalue weighted by atomic mass is 10.2. The molecule has 106 valence electrons. The molecule has 0 saturated carbocycles. The van der Waals surface area contributed by atoms with E-state index < -0.39 is 0 Å². The van der Waals surface area contributed by atoms with Gasteiger partial charge in [-0.25, -0.2) is 4.98 Å². The summed E-state index contributed by atoms with van der Waals surface area (Å²) in [5.74, 6) is 1.31. The smallest absolute Gasteiger partial charge is 0.267 e. The lowest BCUT2D eigenvalue weighted by Crippen LogP contribution is -2.24. The molecule has 0 spiro atoms. The second-order valence-electron chi connectivity index (χ2n) is 4.27. The van der Waals surface area contributed by atoms with Crippen molar-refractivity contribution in [3.8, 4) is 11.5 Å². The number of aromatic nitrogens is 2. The lowest BCUT2D eigenvalue weighted by Gasteiger charge is -2.11. The van der Waals surface area contributed by atoms with Gasteiger partial charge in [-0.3, -0.25) is 9.36 Å². The van der Waals surface area contributed by atoms with E-state index in [1.165, 1.54) is 0 Å². The first-order valence-corrected chi connectivity index (χ1v) is 7.07. The van der Waals surface area contributed by atoms with Crippen LogP contribution < -0.4 is 15.0 Å². The van der Waals surface area contributed by atoms with Gasteiger partial charge >= 0.3 is 0 Å². The summed E-state index contributed by atoms with van der Waals surface area (Å²) >= 11 is 2.02. The van der Waals surface area contributed by atoms with E-state index in [9.17, 15) is 4.79 Å². The van der Waals surface area contributed by atoms with Crippen molar-refractivity contribution in [1.82, 2.24) is 9.55 Å². The van der Waals surface area contributed by atoms with Crippen LogP contribution in [0, 0.1) is 10.5 Å². The van der Waals surface area contributed by atoms with E-state index in [-0.39, 0.29) is 5.56 Å². The summed E-state index contributed by atoms with van der Waals surface area (Å²) in [4.78, 5) is 16.3. The van der Waals surface area contributed by atoms with Gasteiger partial charge in [0.25, 0.3) is 5.56 Å². The molecule has 0 bridgehead atoms. The predicted octanol–water partition coefficient (Wildman–Crippen LogP) is 2.22. The van der Waals surface area contributed by atoms with Gasteiger partial charge in [-0.15, -0.1) is 0 Å². The molecular weight excluding hydrogens is 371 g/mol. The molecule has 6 heteroatoms. The molecule has 0 saturated heterocycles. The van der Waals surface area contributed by atoms with Crippen molar-refractivity contribution in [3.05, 3.63) is 49.7 Å². The maximum absolute atomic E-state index is 12.1. The molecule has 0 aliphatic heterocycles. The Kier molecular flexibility index (Phi) is 4.64. The molecule has 2 rings (SSSR count). The zero-order valence-corrected chi connectivity index (χ0v) is 13.7. The highest BCUT2D eigenvalue weighted by Crippen LogP contribution is 2.27. The third-order valence-electron chi connectivity index (χ3n) is 2.96. The first kappa shape index (κ1) is 14.8. The average molecular weight is 386 g/mol. The third kappa shape index (κ3) is 2.95. The topological polar surface area (TPSA) is 53.4 Å². The van der Waals surface area contributed by atoms with E-state index in [0.717, 1.165) is 11.3 Å². The molecule has 0 unspecified atom stereocenters. The lowest BCUT2D eigenvalue weighted by molar-refractivity contribution is 0.354. The number of benzene rings is 1. The number of methoxy groups -OCH3 is 2. The number of hydrogen-bond donors (Lipinski definition) is 0.